The molecule has 0 saturated heterocycles. The van der Waals surface area contributed by atoms with Crippen molar-refractivity contribution in [2.24, 2.45) is 17.8 Å². The van der Waals surface area contributed by atoms with Crippen LogP contribution in [0.25, 0.3) is 0 Å². The standard InChI is InChI=1S/C70H132O17P2/c1-8-9-10-11-12-13-14-15-16-17-18-22-30-37-44-51-67(72)80-57-65(86-69(74)53-46-39-32-23-20-19-21-27-34-41-48-61(2)3)59-84-88(76,77)82-55-64(71)56-83-89(78,79)85-60-66(87-70(75)54-47-40-33-26-29-36-43-50-63(6)7)58-81-68(73)52-45-38-31-25-24-28-35-42-49-62(4)5/h13-16,61-66,71H,8-12,17-60H2,1-7H3,(H,76,77)(H,78,79)/b14-13-,16-15-/t64?,65-,66-/m1/s1. The Hall–Kier alpha value is -2.46. The first-order chi connectivity index (χ1) is 42.7. The second kappa shape index (κ2) is 60.5. The Morgan fingerprint density at radius 2 is 0.607 bits per heavy atom. The minimum absolute atomic E-state index is 0.0984. The third kappa shape index (κ3) is 64.1. The molecule has 17 nitrogen and oxygen atoms in total. The van der Waals surface area contributed by atoms with E-state index in [1.807, 2.05) is 0 Å². The molecular weight excluding hydrogens is 1170 g/mol. The molecule has 0 aromatic heterocycles. The van der Waals surface area contributed by atoms with Crippen molar-refractivity contribution in [2.45, 2.75) is 343 Å². The monoisotopic (exact) mass is 1310 g/mol. The zero-order valence-electron chi connectivity index (χ0n) is 57.4. The van der Waals surface area contributed by atoms with Gasteiger partial charge in [0.1, 0.15) is 19.3 Å². The third-order valence-electron chi connectivity index (χ3n) is 15.5. The number of hydrogen-bond acceptors (Lipinski definition) is 15. The molecule has 0 aromatic carbocycles. The Labute approximate surface area is 542 Å². The van der Waals surface area contributed by atoms with Crippen molar-refractivity contribution in [3.63, 3.8) is 0 Å². The summed E-state index contributed by atoms with van der Waals surface area (Å²) in [7, 11) is -9.91. The highest BCUT2D eigenvalue weighted by molar-refractivity contribution is 7.47. The number of unbranched alkanes of at least 4 members (excludes halogenated alkanes) is 31. The van der Waals surface area contributed by atoms with Crippen LogP contribution in [0.1, 0.15) is 325 Å². The van der Waals surface area contributed by atoms with Crippen LogP contribution in [0.3, 0.4) is 0 Å². The van der Waals surface area contributed by atoms with E-state index in [0.29, 0.717) is 31.6 Å². The van der Waals surface area contributed by atoms with Gasteiger partial charge in [-0.05, 0) is 69.1 Å². The van der Waals surface area contributed by atoms with Crippen molar-refractivity contribution in [1.29, 1.82) is 0 Å². The SMILES string of the molecule is CCCCCC/C=C\C=C/CCCCCCCC(=O)OC[C@H](COP(=O)(O)OCC(O)COP(=O)(O)OC[C@@H](COC(=O)CCCCCCCCCCC(C)C)OC(=O)CCCCCCCCCC(C)C)OC(=O)CCCCCCCCCCCCC(C)C. The molecular formula is C70H132O17P2. The van der Waals surface area contributed by atoms with Gasteiger partial charge in [0.25, 0.3) is 0 Å². The molecule has 3 unspecified atom stereocenters. The zero-order valence-corrected chi connectivity index (χ0v) is 59.2. The lowest BCUT2D eigenvalue weighted by molar-refractivity contribution is -0.161. The largest absolute Gasteiger partial charge is 0.472 e. The van der Waals surface area contributed by atoms with E-state index in [-0.39, 0.29) is 25.7 Å². The summed E-state index contributed by atoms with van der Waals surface area (Å²) >= 11 is 0. The number of esters is 4. The van der Waals surface area contributed by atoms with E-state index in [4.69, 9.17) is 37.0 Å². The number of allylic oxidation sites excluding steroid dienone is 4. The molecule has 0 spiro atoms. The van der Waals surface area contributed by atoms with Gasteiger partial charge < -0.3 is 33.8 Å². The molecule has 0 aliphatic heterocycles. The average molecular weight is 1310 g/mol. The van der Waals surface area contributed by atoms with Gasteiger partial charge in [-0.25, -0.2) is 9.13 Å². The first-order valence-electron chi connectivity index (χ1n) is 35.7. The van der Waals surface area contributed by atoms with Crippen LogP contribution in [-0.4, -0.2) is 96.7 Å². The molecule has 0 aromatic rings. The lowest BCUT2D eigenvalue weighted by atomic mass is 10.0. The molecule has 5 atom stereocenters. The summed E-state index contributed by atoms with van der Waals surface area (Å²) in [4.78, 5) is 72.5. The van der Waals surface area contributed by atoms with E-state index in [9.17, 15) is 43.2 Å². The van der Waals surface area contributed by atoms with Crippen LogP contribution in [0.2, 0.25) is 0 Å². The van der Waals surface area contributed by atoms with Gasteiger partial charge in [-0.3, -0.25) is 37.3 Å². The van der Waals surface area contributed by atoms with E-state index in [1.165, 1.54) is 116 Å². The van der Waals surface area contributed by atoms with Crippen LogP contribution in [0.5, 0.6) is 0 Å². The summed E-state index contributed by atoms with van der Waals surface area (Å²) in [5.74, 6) is 0.00800. The minimum Gasteiger partial charge on any atom is -0.462 e. The number of ether oxygens (including phenoxy) is 4. The van der Waals surface area contributed by atoms with Crippen molar-refractivity contribution in [3.8, 4) is 0 Å². The van der Waals surface area contributed by atoms with Crippen LogP contribution >= 0.6 is 15.6 Å². The maximum atomic E-state index is 13.0. The molecule has 524 valence electrons. The summed E-state index contributed by atoms with van der Waals surface area (Å²) < 4.78 is 68.2. The zero-order chi connectivity index (χ0) is 65.9. The van der Waals surface area contributed by atoms with Gasteiger partial charge in [0.2, 0.25) is 0 Å². The predicted molar refractivity (Wildman–Crippen MR) is 358 cm³/mol. The molecule has 3 N–H and O–H groups in total. The maximum Gasteiger partial charge on any atom is 0.472 e. The fourth-order valence-corrected chi connectivity index (χ4v) is 11.6. The molecule has 0 heterocycles. The lowest BCUT2D eigenvalue weighted by Gasteiger charge is -2.21. The lowest BCUT2D eigenvalue weighted by Crippen LogP contribution is -2.30. The summed E-state index contributed by atoms with van der Waals surface area (Å²) in [6.45, 7) is 11.7. The van der Waals surface area contributed by atoms with Crippen molar-refractivity contribution in [3.05, 3.63) is 24.3 Å². The molecule has 0 bridgehead atoms. The van der Waals surface area contributed by atoms with Gasteiger partial charge in [-0.2, -0.15) is 0 Å². The average Bonchev–Trinajstić information content (AvgIpc) is 3.70. The van der Waals surface area contributed by atoms with Gasteiger partial charge in [-0.15, -0.1) is 0 Å². The van der Waals surface area contributed by atoms with Crippen LogP contribution < -0.4 is 0 Å². The number of aliphatic hydroxyl groups is 1. The molecule has 0 aliphatic rings. The topological polar surface area (TPSA) is 237 Å². The fourth-order valence-electron chi connectivity index (χ4n) is 10.0. The Morgan fingerprint density at radius 3 is 0.910 bits per heavy atom. The van der Waals surface area contributed by atoms with Gasteiger partial charge in [-0.1, -0.05) is 272 Å². The highest BCUT2D eigenvalue weighted by Gasteiger charge is 2.30. The number of rotatable bonds is 66. The van der Waals surface area contributed by atoms with Crippen LogP contribution in [0.15, 0.2) is 24.3 Å². The van der Waals surface area contributed by atoms with Gasteiger partial charge in [0.15, 0.2) is 12.2 Å². The Balaban J connectivity index is 5.28. The van der Waals surface area contributed by atoms with E-state index in [1.54, 1.807) is 0 Å². The van der Waals surface area contributed by atoms with E-state index < -0.39 is 97.5 Å². The summed E-state index contributed by atoms with van der Waals surface area (Å²) in [6, 6.07) is 0. The minimum atomic E-state index is -4.96. The van der Waals surface area contributed by atoms with Crippen molar-refractivity contribution in [2.75, 3.05) is 39.6 Å². The summed E-state index contributed by atoms with van der Waals surface area (Å²) in [6.07, 6.45) is 46.8. The third-order valence-corrected chi connectivity index (χ3v) is 17.4. The number of phosphoric acid groups is 2. The second-order valence-electron chi connectivity index (χ2n) is 26.0. The normalized spacial score (nSPS) is 14.4. The molecule has 19 heteroatoms. The quantitative estimate of drug-likeness (QED) is 0.0169. The molecule has 0 amide bonds. The predicted octanol–water partition coefficient (Wildman–Crippen LogP) is 19.4. The summed E-state index contributed by atoms with van der Waals surface area (Å²) in [5, 5.41) is 10.6. The van der Waals surface area contributed by atoms with Gasteiger partial charge >= 0.3 is 39.5 Å². The first kappa shape index (κ1) is 86.5. The number of phosphoric ester groups is 2. The number of carbonyl (C=O) groups excluding carboxylic acids is 4. The molecule has 89 heavy (non-hydrogen) atoms. The summed E-state index contributed by atoms with van der Waals surface area (Å²) in [5.41, 5.74) is 0. The second-order valence-corrected chi connectivity index (χ2v) is 28.9. The molecule has 0 saturated carbocycles. The fraction of sp³-hybridized carbons (Fsp3) is 0.886. The van der Waals surface area contributed by atoms with E-state index in [2.05, 4.69) is 72.8 Å². The first-order valence-corrected chi connectivity index (χ1v) is 38.7. The van der Waals surface area contributed by atoms with Crippen LogP contribution in [0.4, 0.5) is 0 Å². The molecule has 0 radical (unpaired) electrons. The van der Waals surface area contributed by atoms with E-state index >= 15 is 0 Å². The van der Waals surface area contributed by atoms with Crippen molar-refractivity contribution >= 4 is 39.5 Å². The van der Waals surface area contributed by atoms with Crippen LogP contribution in [-0.2, 0) is 65.4 Å². The smallest absolute Gasteiger partial charge is 0.462 e. The van der Waals surface area contributed by atoms with E-state index in [0.717, 1.165) is 121 Å². The number of hydrogen-bond donors (Lipinski definition) is 3. The van der Waals surface area contributed by atoms with Gasteiger partial charge in [0.05, 0.1) is 26.4 Å². The Kier molecular flexibility index (Phi) is 58.8. The molecule has 0 aliphatic carbocycles. The number of aliphatic hydroxyl groups excluding tert-OH is 1. The van der Waals surface area contributed by atoms with Crippen molar-refractivity contribution < 1.29 is 80.2 Å². The van der Waals surface area contributed by atoms with Gasteiger partial charge in [0, 0.05) is 25.7 Å². The Morgan fingerprint density at radius 1 is 0.348 bits per heavy atom. The molecule has 0 fully saturated rings. The number of carbonyl (C=O) groups is 4. The maximum absolute atomic E-state index is 13.0. The highest BCUT2D eigenvalue weighted by Crippen LogP contribution is 2.45. The molecule has 0 rings (SSSR count). The van der Waals surface area contributed by atoms with Crippen molar-refractivity contribution in [1.82, 2.24) is 0 Å². The highest BCUT2D eigenvalue weighted by atomic mass is 31.2. The van der Waals surface area contributed by atoms with Crippen LogP contribution in [0, 0.1) is 17.8 Å². The Bertz CT molecular complexity index is 1840.